The van der Waals surface area contributed by atoms with Gasteiger partial charge in [0.1, 0.15) is 5.78 Å². The van der Waals surface area contributed by atoms with Gasteiger partial charge in [0.05, 0.1) is 0 Å². The molecule has 0 radical (unpaired) electrons. The largest absolute Gasteiger partial charge is 0.299 e. The highest BCUT2D eigenvalue weighted by Crippen LogP contribution is 2.38. The second-order valence-electron chi connectivity index (χ2n) is 5.28. The second kappa shape index (κ2) is 3.65. The molecule has 0 aromatic rings. The number of carbonyl (C=O) groups is 1. The third-order valence-electron chi connectivity index (χ3n) is 2.99. The predicted molar refractivity (Wildman–Crippen MR) is 57.7 cm³/mol. The maximum absolute atomic E-state index is 11.3. The van der Waals surface area contributed by atoms with Crippen molar-refractivity contribution in [3.05, 3.63) is 12.2 Å². The fourth-order valence-corrected chi connectivity index (χ4v) is 1.38. The average molecular weight is 182 g/mol. The van der Waals surface area contributed by atoms with Crippen LogP contribution in [0.4, 0.5) is 0 Å². The summed E-state index contributed by atoms with van der Waals surface area (Å²) in [7, 11) is 0. The molecular formula is C12H22O. The van der Waals surface area contributed by atoms with E-state index in [0.29, 0.717) is 0 Å². The zero-order valence-electron chi connectivity index (χ0n) is 9.82. The van der Waals surface area contributed by atoms with Crippen LogP contribution in [0.25, 0.3) is 0 Å². The summed E-state index contributed by atoms with van der Waals surface area (Å²) in [6.07, 6.45) is 0.866. The highest BCUT2D eigenvalue weighted by atomic mass is 16.1. The molecule has 0 bridgehead atoms. The zero-order valence-corrected chi connectivity index (χ0v) is 9.82. The van der Waals surface area contributed by atoms with E-state index in [1.165, 1.54) is 0 Å². The molecule has 1 heteroatoms. The first-order valence-electron chi connectivity index (χ1n) is 4.76. The Hall–Kier alpha value is -0.590. The van der Waals surface area contributed by atoms with Crippen LogP contribution >= 0.6 is 0 Å². The summed E-state index contributed by atoms with van der Waals surface area (Å²) >= 11 is 0. The monoisotopic (exact) mass is 182 g/mol. The quantitative estimate of drug-likeness (QED) is 0.607. The molecule has 0 fully saturated rings. The van der Waals surface area contributed by atoms with Gasteiger partial charge in [-0.1, -0.05) is 39.8 Å². The molecule has 0 aliphatic carbocycles. The first-order valence-corrected chi connectivity index (χ1v) is 4.76. The van der Waals surface area contributed by atoms with Gasteiger partial charge < -0.3 is 0 Å². The molecule has 0 unspecified atom stereocenters. The van der Waals surface area contributed by atoms with Gasteiger partial charge in [-0.2, -0.15) is 0 Å². The summed E-state index contributed by atoms with van der Waals surface area (Å²) in [5.74, 6) is 0.252. The molecule has 0 aromatic carbocycles. The molecule has 0 saturated heterocycles. The van der Waals surface area contributed by atoms with E-state index >= 15 is 0 Å². The number of carbonyl (C=O) groups excluding carboxylic acids is 1. The minimum atomic E-state index is -0.234. The van der Waals surface area contributed by atoms with Gasteiger partial charge in [0.25, 0.3) is 0 Å². The Balaban J connectivity index is 4.61. The Labute approximate surface area is 82.2 Å². The van der Waals surface area contributed by atoms with Crippen molar-refractivity contribution >= 4 is 5.78 Å². The number of hydrogen-bond acceptors (Lipinski definition) is 1. The van der Waals surface area contributed by atoms with Crippen molar-refractivity contribution in [3.8, 4) is 0 Å². The lowest BCUT2D eigenvalue weighted by Crippen LogP contribution is -2.29. The number of Topliss-reactive ketones (excluding diaryl/α,β-unsaturated/α-hetero) is 1. The Morgan fingerprint density at radius 2 is 1.46 bits per heavy atom. The van der Waals surface area contributed by atoms with E-state index in [1.807, 2.05) is 20.8 Å². The number of allylic oxidation sites excluding steroid dienone is 1. The Kier molecular flexibility index (Phi) is 3.48. The molecule has 1 nitrogen and oxygen atoms in total. The Bertz CT molecular complexity index is 197. The van der Waals surface area contributed by atoms with E-state index in [1.54, 1.807) is 6.92 Å². The average Bonchev–Trinajstić information content (AvgIpc) is 1.83. The third kappa shape index (κ3) is 3.33. The molecule has 0 rings (SSSR count). The number of ketones is 1. The van der Waals surface area contributed by atoms with Crippen molar-refractivity contribution in [2.45, 2.75) is 48.0 Å². The molecule has 0 amide bonds. The zero-order chi connectivity index (χ0) is 10.9. The van der Waals surface area contributed by atoms with Crippen molar-refractivity contribution in [1.82, 2.24) is 0 Å². The van der Waals surface area contributed by atoms with Gasteiger partial charge in [-0.25, -0.2) is 0 Å². The van der Waals surface area contributed by atoms with Crippen LogP contribution in [-0.4, -0.2) is 5.78 Å². The van der Waals surface area contributed by atoms with Gasteiger partial charge in [0, 0.05) is 5.41 Å². The summed E-state index contributed by atoms with van der Waals surface area (Å²) in [5.41, 5.74) is 0.958. The molecule has 0 spiro atoms. The van der Waals surface area contributed by atoms with Crippen molar-refractivity contribution < 1.29 is 4.79 Å². The number of rotatable bonds is 4. The molecule has 0 aliphatic rings. The summed E-state index contributed by atoms with van der Waals surface area (Å²) in [5, 5.41) is 0. The van der Waals surface area contributed by atoms with Gasteiger partial charge in [0.15, 0.2) is 0 Å². The Morgan fingerprint density at radius 3 is 1.69 bits per heavy atom. The van der Waals surface area contributed by atoms with E-state index in [4.69, 9.17) is 0 Å². The minimum Gasteiger partial charge on any atom is -0.299 e. The predicted octanol–water partition coefficient (Wildman–Crippen LogP) is 3.59. The van der Waals surface area contributed by atoms with Gasteiger partial charge in [0.2, 0.25) is 0 Å². The van der Waals surface area contributed by atoms with E-state index in [2.05, 4.69) is 20.4 Å². The van der Waals surface area contributed by atoms with E-state index < -0.39 is 0 Å². The van der Waals surface area contributed by atoms with Crippen LogP contribution in [0, 0.1) is 10.8 Å². The molecule has 0 aromatic heterocycles. The molecule has 0 aliphatic heterocycles. The fraction of sp³-hybridized carbons (Fsp3) is 0.750. The molecule has 0 atom stereocenters. The molecule has 0 N–H and O–H groups in total. The summed E-state index contributed by atoms with van der Waals surface area (Å²) < 4.78 is 0. The highest BCUT2D eigenvalue weighted by Gasteiger charge is 2.32. The van der Waals surface area contributed by atoms with Crippen LogP contribution in [0.1, 0.15) is 48.0 Å². The van der Waals surface area contributed by atoms with Crippen LogP contribution in [0.3, 0.4) is 0 Å². The summed E-state index contributed by atoms with van der Waals surface area (Å²) in [6.45, 7) is 15.9. The van der Waals surface area contributed by atoms with E-state index in [0.717, 1.165) is 12.0 Å². The van der Waals surface area contributed by atoms with Gasteiger partial charge in [-0.05, 0) is 25.7 Å². The molecule has 0 heterocycles. The van der Waals surface area contributed by atoms with Crippen LogP contribution < -0.4 is 0 Å². The smallest absolute Gasteiger partial charge is 0.135 e. The third-order valence-corrected chi connectivity index (χ3v) is 2.99. The van der Waals surface area contributed by atoms with Crippen molar-refractivity contribution in [2.75, 3.05) is 0 Å². The normalized spacial score (nSPS) is 12.8. The highest BCUT2D eigenvalue weighted by molar-refractivity contribution is 5.81. The second-order valence-corrected chi connectivity index (χ2v) is 5.28. The van der Waals surface area contributed by atoms with Crippen molar-refractivity contribution in [2.24, 2.45) is 10.8 Å². The standard InChI is InChI=1S/C12H22O/c1-9(2)11(4,5)8-12(6,7)10(3)13/h1,8H2,2-7H3. The summed E-state index contributed by atoms with van der Waals surface area (Å²) in [4.78, 5) is 11.3. The van der Waals surface area contributed by atoms with Crippen LogP contribution in [0.2, 0.25) is 0 Å². The van der Waals surface area contributed by atoms with Crippen LogP contribution in [0.5, 0.6) is 0 Å². The minimum absolute atomic E-state index is 0.0508. The van der Waals surface area contributed by atoms with Gasteiger partial charge in [-0.3, -0.25) is 4.79 Å². The topological polar surface area (TPSA) is 17.1 Å². The molecular weight excluding hydrogens is 160 g/mol. The van der Waals surface area contributed by atoms with Crippen LogP contribution in [-0.2, 0) is 4.79 Å². The molecule has 13 heavy (non-hydrogen) atoms. The van der Waals surface area contributed by atoms with Crippen molar-refractivity contribution in [3.63, 3.8) is 0 Å². The maximum Gasteiger partial charge on any atom is 0.135 e. The lowest BCUT2D eigenvalue weighted by molar-refractivity contribution is -0.126. The number of hydrogen-bond donors (Lipinski definition) is 0. The lowest BCUT2D eigenvalue weighted by Gasteiger charge is -2.33. The van der Waals surface area contributed by atoms with Gasteiger partial charge in [-0.15, -0.1) is 0 Å². The first kappa shape index (κ1) is 12.4. The van der Waals surface area contributed by atoms with Crippen LogP contribution in [0.15, 0.2) is 12.2 Å². The fourth-order valence-electron chi connectivity index (χ4n) is 1.38. The molecule has 0 saturated carbocycles. The van der Waals surface area contributed by atoms with E-state index in [9.17, 15) is 4.79 Å². The van der Waals surface area contributed by atoms with Gasteiger partial charge >= 0.3 is 0 Å². The summed E-state index contributed by atoms with van der Waals surface area (Å²) in [6, 6.07) is 0. The SMILES string of the molecule is C=C(C)C(C)(C)CC(C)(C)C(C)=O. The maximum atomic E-state index is 11.3. The molecule has 76 valence electrons. The lowest BCUT2D eigenvalue weighted by atomic mass is 9.70. The first-order chi connectivity index (χ1) is 5.59. The van der Waals surface area contributed by atoms with Crippen molar-refractivity contribution in [1.29, 1.82) is 0 Å². The van der Waals surface area contributed by atoms with E-state index in [-0.39, 0.29) is 16.6 Å². The Morgan fingerprint density at radius 1 is 1.08 bits per heavy atom.